The van der Waals surface area contributed by atoms with Crippen LogP contribution in [0.5, 0.6) is 5.75 Å². The van der Waals surface area contributed by atoms with Crippen molar-refractivity contribution in [3.05, 3.63) is 54.0 Å². The Hall–Kier alpha value is -3.09. The molecule has 0 unspecified atom stereocenters. The molecule has 0 saturated carbocycles. The van der Waals surface area contributed by atoms with Crippen molar-refractivity contribution in [3.8, 4) is 17.0 Å². The van der Waals surface area contributed by atoms with Crippen LogP contribution in [-0.4, -0.2) is 50.6 Å². The summed E-state index contributed by atoms with van der Waals surface area (Å²) in [6.45, 7) is 4.37. The van der Waals surface area contributed by atoms with E-state index in [1.165, 1.54) is 0 Å². The third-order valence-corrected chi connectivity index (χ3v) is 4.92. The Morgan fingerprint density at radius 3 is 2.81 bits per heavy atom. The molecular formula is C20H23N5O2. The molecule has 140 valence electrons. The van der Waals surface area contributed by atoms with Crippen molar-refractivity contribution in [2.75, 3.05) is 20.2 Å². The molecule has 1 aliphatic rings. The van der Waals surface area contributed by atoms with Crippen LogP contribution < -0.4 is 4.74 Å². The summed E-state index contributed by atoms with van der Waals surface area (Å²) in [6, 6.07) is 9.54. The number of likely N-dealkylation sites (tertiary alicyclic amines) is 1. The minimum Gasteiger partial charge on any atom is -0.497 e. The van der Waals surface area contributed by atoms with Gasteiger partial charge in [-0.2, -0.15) is 10.2 Å². The summed E-state index contributed by atoms with van der Waals surface area (Å²) in [6.07, 6.45) is 3.89. The number of rotatable bonds is 5. The summed E-state index contributed by atoms with van der Waals surface area (Å²) in [5, 5.41) is 8.83. The molecule has 0 atom stereocenters. The second-order valence-electron chi connectivity index (χ2n) is 7.09. The van der Waals surface area contributed by atoms with Crippen LogP contribution in [-0.2, 0) is 13.6 Å². The lowest BCUT2D eigenvalue weighted by molar-refractivity contribution is 0.0450. The van der Waals surface area contributed by atoms with Gasteiger partial charge in [-0.3, -0.25) is 14.2 Å². The number of hydrogen-bond acceptors (Lipinski definition) is 4. The van der Waals surface area contributed by atoms with E-state index < -0.39 is 0 Å². The molecular weight excluding hydrogens is 342 g/mol. The second-order valence-corrected chi connectivity index (χ2v) is 7.09. The number of methoxy groups -OCH3 is 1. The van der Waals surface area contributed by atoms with Crippen LogP contribution in [0.4, 0.5) is 0 Å². The van der Waals surface area contributed by atoms with Gasteiger partial charge in [0.05, 0.1) is 19.0 Å². The lowest BCUT2D eigenvalue weighted by atomic mass is 9.99. The van der Waals surface area contributed by atoms with Crippen molar-refractivity contribution < 1.29 is 9.53 Å². The van der Waals surface area contributed by atoms with Gasteiger partial charge < -0.3 is 9.64 Å². The predicted octanol–water partition coefficient (Wildman–Crippen LogP) is 2.37. The molecule has 1 aliphatic heterocycles. The SMILES string of the molecule is COc1cccc(-c2cc(C(=O)N3CC(Cn4cc(C)cn4)C3)n(C)n2)c1. The molecule has 1 fully saturated rings. The van der Waals surface area contributed by atoms with Crippen molar-refractivity contribution in [1.82, 2.24) is 24.5 Å². The molecule has 1 amide bonds. The van der Waals surface area contributed by atoms with Crippen molar-refractivity contribution in [2.24, 2.45) is 13.0 Å². The number of aryl methyl sites for hydroxylation is 2. The number of carbonyl (C=O) groups is 1. The average Bonchev–Trinajstić information content (AvgIpc) is 3.23. The van der Waals surface area contributed by atoms with Crippen molar-refractivity contribution in [2.45, 2.75) is 13.5 Å². The fourth-order valence-corrected chi connectivity index (χ4v) is 3.44. The van der Waals surface area contributed by atoms with Crippen LogP contribution >= 0.6 is 0 Å². The third kappa shape index (κ3) is 3.45. The summed E-state index contributed by atoms with van der Waals surface area (Å²) in [5.41, 5.74) is 3.45. The van der Waals surface area contributed by atoms with Gasteiger partial charge in [0.25, 0.3) is 5.91 Å². The van der Waals surface area contributed by atoms with Crippen molar-refractivity contribution in [3.63, 3.8) is 0 Å². The zero-order chi connectivity index (χ0) is 19.0. The highest BCUT2D eigenvalue weighted by Crippen LogP contribution is 2.25. The summed E-state index contributed by atoms with van der Waals surface area (Å²) in [7, 11) is 3.44. The van der Waals surface area contributed by atoms with Crippen LogP contribution in [0.1, 0.15) is 16.1 Å². The van der Waals surface area contributed by atoms with Gasteiger partial charge in [-0.25, -0.2) is 0 Å². The summed E-state index contributed by atoms with van der Waals surface area (Å²) >= 11 is 0. The zero-order valence-corrected chi connectivity index (χ0v) is 15.8. The van der Waals surface area contributed by atoms with Crippen LogP contribution in [0.3, 0.4) is 0 Å². The van der Waals surface area contributed by atoms with E-state index >= 15 is 0 Å². The number of aromatic nitrogens is 4. The topological polar surface area (TPSA) is 65.2 Å². The molecule has 2 aromatic heterocycles. The Bertz CT molecular complexity index is 968. The van der Waals surface area contributed by atoms with E-state index in [0.29, 0.717) is 11.6 Å². The molecule has 0 N–H and O–H groups in total. The molecule has 0 aliphatic carbocycles. The van der Waals surface area contributed by atoms with Crippen LogP contribution in [0.2, 0.25) is 0 Å². The summed E-state index contributed by atoms with van der Waals surface area (Å²) in [4.78, 5) is 14.7. The minimum atomic E-state index is 0.0204. The maximum atomic E-state index is 12.8. The fourth-order valence-electron chi connectivity index (χ4n) is 3.44. The van der Waals surface area contributed by atoms with Gasteiger partial charge in [0.15, 0.2) is 0 Å². The first-order chi connectivity index (χ1) is 13.0. The molecule has 3 heterocycles. The third-order valence-electron chi connectivity index (χ3n) is 4.92. The zero-order valence-electron chi connectivity index (χ0n) is 15.8. The first-order valence-electron chi connectivity index (χ1n) is 9.00. The molecule has 0 bridgehead atoms. The summed E-state index contributed by atoms with van der Waals surface area (Å²) in [5.74, 6) is 1.23. The highest BCUT2D eigenvalue weighted by atomic mass is 16.5. The number of hydrogen-bond donors (Lipinski definition) is 0. The lowest BCUT2D eigenvalue weighted by Crippen LogP contribution is -2.51. The van der Waals surface area contributed by atoms with E-state index in [-0.39, 0.29) is 5.91 Å². The average molecular weight is 365 g/mol. The van der Waals surface area contributed by atoms with Crippen molar-refractivity contribution in [1.29, 1.82) is 0 Å². The lowest BCUT2D eigenvalue weighted by Gasteiger charge is -2.39. The normalized spacial score (nSPS) is 14.3. The highest BCUT2D eigenvalue weighted by Gasteiger charge is 2.33. The Morgan fingerprint density at radius 1 is 1.30 bits per heavy atom. The maximum Gasteiger partial charge on any atom is 0.272 e. The molecule has 0 radical (unpaired) electrons. The van der Waals surface area contributed by atoms with Gasteiger partial charge in [0.1, 0.15) is 11.4 Å². The standard InChI is InChI=1S/C20H23N5O2/c1-14-9-21-25(10-14)13-15-11-24(12-15)20(26)19-8-18(22-23(19)2)16-5-4-6-17(7-16)27-3/h4-10,15H,11-13H2,1-3H3. The number of ether oxygens (including phenoxy) is 1. The molecule has 4 rings (SSSR count). The Balaban J connectivity index is 1.43. The predicted molar refractivity (Wildman–Crippen MR) is 102 cm³/mol. The number of amides is 1. The van der Waals surface area contributed by atoms with Gasteiger partial charge >= 0.3 is 0 Å². The highest BCUT2D eigenvalue weighted by molar-refractivity contribution is 5.94. The van der Waals surface area contributed by atoms with Gasteiger partial charge in [-0.1, -0.05) is 12.1 Å². The van der Waals surface area contributed by atoms with Crippen molar-refractivity contribution >= 4 is 5.91 Å². The molecule has 3 aromatic rings. The molecule has 1 aromatic carbocycles. The van der Waals surface area contributed by atoms with E-state index in [4.69, 9.17) is 4.74 Å². The van der Waals surface area contributed by atoms with E-state index in [1.54, 1.807) is 18.8 Å². The van der Waals surface area contributed by atoms with E-state index in [2.05, 4.69) is 10.2 Å². The first kappa shape index (κ1) is 17.3. The summed E-state index contributed by atoms with van der Waals surface area (Å²) < 4.78 is 8.88. The first-order valence-corrected chi connectivity index (χ1v) is 9.00. The van der Waals surface area contributed by atoms with Gasteiger partial charge in [0, 0.05) is 44.4 Å². The molecule has 0 spiro atoms. The number of nitrogens with zero attached hydrogens (tertiary/aromatic N) is 5. The van der Waals surface area contributed by atoms with E-state index in [0.717, 1.165) is 42.2 Å². The quantitative estimate of drug-likeness (QED) is 0.696. The van der Waals surface area contributed by atoms with Crippen LogP contribution in [0.25, 0.3) is 11.3 Å². The number of benzene rings is 1. The fraction of sp³-hybridized carbons (Fsp3) is 0.350. The second kappa shape index (κ2) is 6.90. The molecule has 7 nitrogen and oxygen atoms in total. The largest absolute Gasteiger partial charge is 0.497 e. The van der Waals surface area contributed by atoms with Gasteiger partial charge in [-0.05, 0) is 30.7 Å². The van der Waals surface area contributed by atoms with E-state index in [1.807, 2.05) is 59.2 Å². The number of carbonyl (C=O) groups excluding carboxylic acids is 1. The smallest absolute Gasteiger partial charge is 0.272 e. The minimum absolute atomic E-state index is 0.0204. The Morgan fingerprint density at radius 2 is 2.11 bits per heavy atom. The van der Waals surface area contributed by atoms with Gasteiger partial charge in [-0.15, -0.1) is 0 Å². The Kier molecular flexibility index (Phi) is 4.43. The van der Waals surface area contributed by atoms with Crippen LogP contribution in [0.15, 0.2) is 42.7 Å². The Labute approximate surface area is 158 Å². The van der Waals surface area contributed by atoms with Crippen LogP contribution in [0, 0.1) is 12.8 Å². The molecule has 7 heteroatoms. The molecule has 27 heavy (non-hydrogen) atoms. The van der Waals surface area contributed by atoms with E-state index in [9.17, 15) is 4.79 Å². The molecule has 1 saturated heterocycles. The van der Waals surface area contributed by atoms with Gasteiger partial charge in [0.2, 0.25) is 0 Å². The monoisotopic (exact) mass is 365 g/mol. The maximum absolute atomic E-state index is 12.8.